The van der Waals surface area contributed by atoms with Gasteiger partial charge in [0.2, 0.25) is 15.9 Å². The number of thiazole rings is 1. The molecular formula is C37H46N6O7S2. The Balaban J connectivity index is 1.17. The summed E-state index contributed by atoms with van der Waals surface area (Å²) in [5.74, 6) is 0.117. The summed E-state index contributed by atoms with van der Waals surface area (Å²) in [6, 6.07) is 5.50. The van der Waals surface area contributed by atoms with E-state index in [9.17, 15) is 22.8 Å². The van der Waals surface area contributed by atoms with Crippen LogP contribution in [0.3, 0.4) is 0 Å². The third-order valence-electron chi connectivity index (χ3n) is 10.9. The predicted molar refractivity (Wildman–Crippen MR) is 198 cm³/mol. The van der Waals surface area contributed by atoms with Crippen molar-refractivity contribution in [3.63, 3.8) is 0 Å². The van der Waals surface area contributed by atoms with Gasteiger partial charge < -0.3 is 24.6 Å². The Morgan fingerprint density at radius 2 is 1.96 bits per heavy atom. The molecule has 0 radical (unpaired) electrons. The molecule has 4 amide bonds. The maximum Gasteiger partial charge on any atom is 0.319 e. The number of hydrogen-bond donors (Lipinski definition) is 2. The van der Waals surface area contributed by atoms with Crippen molar-refractivity contribution in [2.24, 2.45) is 5.92 Å². The van der Waals surface area contributed by atoms with Crippen molar-refractivity contribution in [3.8, 4) is 22.2 Å². The van der Waals surface area contributed by atoms with Crippen molar-refractivity contribution in [2.75, 3.05) is 27.3 Å². The Labute approximate surface area is 308 Å². The Morgan fingerprint density at radius 3 is 2.67 bits per heavy atom. The zero-order valence-corrected chi connectivity index (χ0v) is 31.8. The van der Waals surface area contributed by atoms with E-state index in [4.69, 9.17) is 19.4 Å². The molecule has 52 heavy (non-hydrogen) atoms. The molecule has 3 aromatic rings. The van der Waals surface area contributed by atoms with Crippen LogP contribution in [0.15, 0.2) is 41.8 Å². The summed E-state index contributed by atoms with van der Waals surface area (Å²) in [6.07, 6.45) is 7.79. The van der Waals surface area contributed by atoms with E-state index in [1.807, 2.05) is 41.8 Å². The number of carbonyl (C=O) groups is 3. The van der Waals surface area contributed by atoms with E-state index in [1.54, 1.807) is 26.0 Å². The number of allylic oxidation sites excluding steroid dienone is 1. The van der Waals surface area contributed by atoms with Crippen LogP contribution in [-0.2, 0) is 19.6 Å². The molecule has 13 nitrogen and oxygen atoms in total. The molecule has 0 bridgehead atoms. The van der Waals surface area contributed by atoms with E-state index in [2.05, 4.69) is 23.9 Å². The Kier molecular flexibility index (Phi) is 9.47. The van der Waals surface area contributed by atoms with Crippen molar-refractivity contribution in [2.45, 2.75) is 94.0 Å². The third kappa shape index (κ3) is 6.72. The number of likely N-dealkylation sites (N-methyl/N-ethyl adjacent to an activating group) is 1. The maximum absolute atomic E-state index is 14.2. The Bertz CT molecular complexity index is 2040. The first-order valence-corrected chi connectivity index (χ1v) is 20.3. The van der Waals surface area contributed by atoms with Gasteiger partial charge in [0, 0.05) is 48.8 Å². The monoisotopic (exact) mass is 750 g/mol. The first kappa shape index (κ1) is 36.1. The van der Waals surface area contributed by atoms with Crippen LogP contribution in [0.2, 0.25) is 0 Å². The minimum absolute atomic E-state index is 0.0653. The second kappa shape index (κ2) is 13.6. The molecule has 2 saturated carbocycles. The third-order valence-corrected chi connectivity index (χ3v) is 14.0. The summed E-state index contributed by atoms with van der Waals surface area (Å²) in [6.45, 7) is 6.40. The first-order chi connectivity index (χ1) is 24.7. The van der Waals surface area contributed by atoms with Crippen LogP contribution in [0.1, 0.15) is 77.3 Å². The molecule has 0 spiro atoms. The van der Waals surface area contributed by atoms with Gasteiger partial charge in [-0.1, -0.05) is 26.0 Å². The lowest BCUT2D eigenvalue weighted by Gasteiger charge is -2.48. The molecule has 15 heteroatoms. The second-order valence-corrected chi connectivity index (χ2v) is 18.1. The SMILES string of the molecule is COc1ccc2c(OC[C@@H]3C[C@H]4C(=O)N(C)CCCC/C=C\[C@@H]5C[C@@]5(C(=O)NS(=O)(=O)C5(C)CC5)NC(=O)N34)cc(-c3nc(C(C)C)cs3)nc2c1. The van der Waals surface area contributed by atoms with Crippen molar-refractivity contribution in [3.05, 3.63) is 47.5 Å². The van der Waals surface area contributed by atoms with Crippen molar-refractivity contribution in [1.29, 1.82) is 0 Å². The number of benzene rings is 1. The van der Waals surface area contributed by atoms with Crippen LogP contribution in [-0.4, -0.2) is 95.7 Å². The molecule has 1 saturated heterocycles. The summed E-state index contributed by atoms with van der Waals surface area (Å²) < 4.78 is 39.4. The number of amides is 4. The fraction of sp³-hybridized carbons (Fsp3) is 0.541. The zero-order valence-electron chi connectivity index (χ0n) is 30.2. The van der Waals surface area contributed by atoms with E-state index >= 15 is 0 Å². The molecule has 2 N–H and O–H groups in total. The van der Waals surface area contributed by atoms with Crippen LogP contribution in [0, 0.1) is 5.92 Å². The Morgan fingerprint density at radius 1 is 1.17 bits per heavy atom. The molecule has 0 unspecified atom stereocenters. The van der Waals surface area contributed by atoms with Crippen molar-refractivity contribution < 1.29 is 32.3 Å². The maximum atomic E-state index is 14.2. The van der Waals surface area contributed by atoms with Crippen LogP contribution in [0.25, 0.3) is 21.6 Å². The van der Waals surface area contributed by atoms with Gasteiger partial charge in [-0.05, 0) is 63.5 Å². The average Bonchev–Trinajstić information content (AvgIpc) is 3.95. The average molecular weight is 751 g/mol. The minimum Gasteiger partial charge on any atom is -0.497 e. The van der Waals surface area contributed by atoms with Crippen LogP contribution in [0.4, 0.5) is 4.79 Å². The number of rotatable bonds is 9. The van der Waals surface area contributed by atoms with E-state index in [-0.39, 0.29) is 30.8 Å². The van der Waals surface area contributed by atoms with E-state index in [0.717, 1.165) is 35.4 Å². The highest BCUT2D eigenvalue weighted by Gasteiger charge is 2.63. The van der Waals surface area contributed by atoms with E-state index in [0.29, 0.717) is 48.5 Å². The topological polar surface area (TPSA) is 160 Å². The largest absolute Gasteiger partial charge is 0.497 e. The van der Waals surface area contributed by atoms with Gasteiger partial charge in [-0.15, -0.1) is 11.3 Å². The number of fused-ring (bicyclic) bond motifs is 3. The molecule has 1 aromatic carbocycles. The van der Waals surface area contributed by atoms with Gasteiger partial charge in [0.25, 0.3) is 5.91 Å². The number of urea groups is 1. The number of aromatic nitrogens is 2. The second-order valence-electron chi connectivity index (χ2n) is 15.0. The number of hydrogen-bond acceptors (Lipinski definition) is 10. The van der Waals surface area contributed by atoms with Crippen molar-refractivity contribution in [1.82, 2.24) is 29.8 Å². The number of nitrogens with zero attached hydrogens (tertiary/aromatic N) is 4. The molecule has 2 aliphatic carbocycles. The smallest absolute Gasteiger partial charge is 0.319 e. The fourth-order valence-electron chi connectivity index (χ4n) is 6.92. The standard InChI is InChI=1S/C37H46N6O7S2/c1-22(2)29-21-51-32(39-29)28-18-31(26-12-11-25(49-5)17-27(26)38-28)50-20-24-16-30-33(44)42(4)15-9-7-6-8-10-23-19-37(23,40-35(46)43(24)30)34(45)41-52(47,48)36(3)13-14-36/h8,10-12,17-18,21-24,30H,6-7,9,13-16,19-20H2,1-5H3,(H,40,46)(H,41,45)/b10-8-/t23-,24+,30+,37-/m1/s1. The summed E-state index contributed by atoms with van der Waals surface area (Å²) in [7, 11) is -0.606. The lowest BCUT2D eigenvalue weighted by Crippen LogP contribution is -2.69. The highest BCUT2D eigenvalue weighted by Crippen LogP contribution is 2.48. The number of methoxy groups -OCH3 is 1. The molecule has 278 valence electrons. The highest BCUT2D eigenvalue weighted by molar-refractivity contribution is 7.91. The molecule has 4 aliphatic rings. The summed E-state index contributed by atoms with van der Waals surface area (Å²) in [5.41, 5.74) is 0.817. The molecular weight excluding hydrogens is 705 g/mol. The summed E-state index contributed by atoms with van der Waals surface area (Å²) >= 11 is 1.50. The Hall–Kier alpha value is -4.24. The molecule has 4 atom stereocenters. The molecule has 7 rings (SSSR count). The normalized spacial score (nSPS) is 26.4. The molecule has 2 aromatic heterocycles. The van der Waals surface area contributed by atoms with Gasteiger partial charge in [-0.2, -0.15) is 0 Å². The van der Waals surface area contributed by atoms with E-state index in [1.165, 1.54) is 16.2 Å². The summed E-state index contributed by atoms with van der Waals surface area (Å²) in [5, 5.41) is 6.42. The fourth-order valence-corrected chi connectivity index (χ4v) is 9.17. The lowest BCUT2D eigenvalue weighted by atomic mass is 9.92. The highest BCUT2D eigenvalue weighted by atomic mass is 32.2. The van der Waals surface area contributed by atoms with Crippen molar-refractivity contribution >= 4 is 50.1 Å². The number of pyridine rings is 1. The zero-order chi connectivity index (χ0) is 37.0. The van der Waals surface area contributed by atoms with Gasteiger partial charge >= 0.3 is 6.03 Å². The number of carbonyl (C=O) groups excluding carboxylic acids is 3. The molecule has 4 heterocycles. The quantitative estimate of drug-likeness (QED) is 0.288. The molecule has 3 fully saturated rings. The number of nitrogens with one attached hydrogen (secondary N) is 2. The van der Waals surface area contributed by atoms with Crippen LogP contribution < -0.4 is 19.5 Å². The summed E-state index contributed by atoms with van der Waals surface area (Å²) in [4.78, 5) is 54.4. The van der Waals surface area contributed by atoms with Gasteiger partial charge in [0.05, 0.1) is 29.1 Å². The predicted octanol–water partition coefficient (Wildman–Crippen LogP) is 4.98. The lowest BCUT2D eigenvalue weighted by molar-refractivity contribution is -0.142. The minimum atomic E-state index is -3.94. The van der Waals surface area contributed by atoms with Crippen LogP contribution >= 0.6 is 11.3 Å². The first-order valence-electron chi connectivity index (χ1n) is 17.9. The van der Waals surface area contributed by atoms with E-state index < -0.39 is 44.3 Å². The molecule has 2 aliphatic heterocycles. The van der Waals surface area contributed by atoms with Crippen LogP contribution in [0.5, 0.6) is 11.5 Å². The van der Waals surface area contributed by atoms with Gasteiger partial charge in [0.1, 0.15) is 40.4 Å². The van der Waals surface area contributed by atoms with Gasteiger partial charge in [-0.25, -0.2) is 23.2 Å². The van der Waals surface area contributed by atoms with Gasteiger partial charge in [0.15, 0.2) is 0 Å². The number of sulfonamides is 1. The van der Waals surface area contributed by atoms with Gasteiger partial charge in [-0.3, -0.25) is 14.3 Å². The number of ether oxygens (including phenoxy) is 2.